The normalized spacial score (nSPS) is 10.6. The second-order valence-electron chi connectivity index (χ2n) is 2.52. The van der Waals surface area contributed by atoms with Crippen LogP contribution in [-0.4, -0.2) is 12.1 Å². The Morgan fingerprint density at radius 3 is 2.71 bits per heavy atom. The number of halogens is 3. The van der Waals surface area contributed by atoms with Crippen molar-refractivity contribution in [2.45, 2.75) is 11.8 Å². The van der Waals surface area contributed by atoms with Crippen molar-refractivity contribution in [3.05, 3.63) is 27.7 Å². The van der Waals surface area contributed by atoms with Crippen molar-refractivity contribution in [1.29, 1.82) is 0 Å². The molecule has 0 aliphatic heterocycles. The Morgan fingerprint density at radius 2 is 2.29 bits per heavy atom. The number of pyridine rings is 1. The van der Waals surface area contributed by atoms with E-state index in [4.69, 9.17) is 0 Å². The van der Waals surface area contributed by atoms with E-state index in [0.29, 0.717) is 5.56 Å². The molecule has 0 atom stereocenters. The van der Waals surface area contributed by atoms with Crippen LogP contribution >= 0.6 is 15.9 Å². The fourth-order valence-electron chi connectivity index (χ4n) is 1.12. The fraction of sp³-hybridized carbons (Fsp3) is 0.375. The van der Waals surface area contributed by atoms with Gasteiger partial charge in [0.2, 0.25) is 0 Å². The summed E-state index contributed by atoms with van der Waals surface area (Å²) < 4.78 is 29.8. The molecule has 0 saturated carbocycles. The van der Waals surface area contributed by atoms with Gasteiger partial charge in [-0.1, -0.05) is 15.9 Å². The first-order valence-electron chi connectivity index (χ1n) is 3.74. The topological polar surface area (TPSA) is 42.1 Å². The number of nitrogens with one attached hydrogen (secondary N) is 1. The summed E-state index contributed by atoms with van der Waals surface area (Å²) in [7, 11) is 1.19. The summed E-state index contributed by atoms with van der Waals surface area (Å²) in [6.07, 6.45) is -1.47. The second kappa shape index (κ2) is 4.54. The predicted molar refractivity (Wildman–Crippen MR) is 51.2 cm³/mol. The van der Waals surface area contributed by atoms with E-state index in [1.807, 2.05) is 0 Å². The number of hydrogen-bond acceptors (Lipinski definition) is 2. The molecule has 0 aliphatic rings. The summed E-state index contributed by atoms with van der Waals surface area (Å²) in [5.41, 5.74) is -0.683. The Bertz CT molecular complexity index is 378. The Hall–Kier alpha value is -0.910. The molecular weight excluding hydrogens is 260 g/mol. The first-order chi connectivity index (χ1) is 6.61. The van der Waals surface area contributed by atoms with Gasteiger partial charge in [0.1, 0.15) is 0 Å². The summed E-state index contributed by atoms with van der Waals surface area (Å²) in [5, 5.41) is 0.236. The summed E-state index contributed by atoms with van der Waals surface area (Å²) >= 11 is 3.05. The average Bonchev–Trinajstić information content (AvgIpc) is 2.17. The highest BCUT2D eigenvalue weighted by molar-refractivity contribution is 9.08. The molecule has 1 rings (SSSR count). The minimum absolute atomic E-state index is 0.236. The van der Waals surface area contributed by atoms with Crippen LogP contribution in [0.15, 0.2) is 11.0 Å². The van der Waals surface area contributed by atoms with Gasteiger partial charge >= 0.3 is 0 Å². The zero-order valence-electron chi connectivity index (χ0n) is 7.31. The molecule has 1 heterocycles. The van der Waals surface area contributed by atoms with Crippen molar-refractivity contribution < 1.29 is 13.5 Å². The third-order valence-corrected chi connectivity index (χ3v) is 2.34. The van der Waals surface area contributed by atoms with Crippen LogP contribution in [0.25, 0.3) is 0 Å². The zero-order chi connectivity index (χ0) is 10.7. The standard InChI is InChI=1S/C8H8BrF2NO2/c1-14-6-5(7(10)11)4(2-9)3-12-8(6)13/h3,7H,2H2,1H3,(H,12,13). The number of aromatic amines is 1. The molecule has 0 aliphatic carbocycles. The number of H-pyrrole nitrogens is 1. The van der Waals surface area contributed by atoms with Gasteiger partial charge in [-0.2, -0.15) is 0 Å². The third kappa shape index (κ3) is 1.95. The van der Waals surface area contributed by atoms with E-state index in [1.54, 1.807) is 0 Å². The lowest BCUT2D eigenvalue weighted by atomic mass is 10.1. The van der Waals surface area contributed by atoms with Gasteiger partial charge in [-0.05, 0) is 5.56 Å². The van der Waals surface area contributed by atoms with Crippen molar-refractivity contribution in [2.24, 2.45) is 0 Å². The smallest absolute Gasteiger partial charge is 0.290 e. The number of hydrogen-bond donors (Lipinski definition) is 1. The maximum atomic E-state index is 12.6. The Kier molecular flexibility index (Phi) is 3.62. The highest BCUT2D eigenvalue weighted by Crippen LogP contribution is 2.29. The number of alkyl halides is 3. The molecule has 0 amide bonds. The quantitative estimate of drug-likeness (QED) is 0.854. The molecule has 0 radical (unpaired) electrons. The molecule has 1 aromatic rings. The Labute approximate surface area is 87.2 Å². The molecule has 3 nitrogen and oxygen atoms in total. The van der Waals surface area contributed by atoms with Crippen LogP contribution in [0.1, 0.15) is 17.6 Å². The predicted octanol–water partition coefficient (Wildman–Crippen LogP) is 2.22. The van der Waals surface area contributed by atoms with Gasteiger partial charge in [0, 0.05) is 11.5 Å². The number of methoxy groups -OCH3 is 1. The number of ether oxygens (including phenoxy) is 1. The van der Waals surface area contributed by atoms with Crippen molar-refractivity contribution in [2.75, 3.05) is 7.11 Å². The third-order valence-electron chi connectivity index (χ3n) is 1.74. The van der Waals surface area contributed by atoms with Crippen LogP contribution in [0.3, 0.4) is 0 Å². The van der Waals surface area contributed by atoms with Crippen LogP contribution in [0.4, 0.5) is 8.78 Å². The number of aromatic nitrogens is 1. The lowest BCUT2D eigenvalue weighted by molar-refractivity contribution is 0.145. The molecule has 1 aromatic heterocycles. The minimum atomic E-state index is -2.72. The van der Waals surface area contributed by atoms with Crippen molar-refractivity contribution >= 4 is 15.9 Å². The summed E-state index contributed by atoms with van der Waals surface area (Å²) in [5.74, 6) is -0.322. The summed E-state index contributed by atoms with van der Waals surface area (Å²) in [4.78, 5) is 13.4. The van der Waals surface area contributed by atoms with E-state index in [2.05, 4.69) is 25.7 Å². The van der Waals surface area contributed by atoms with E-state index < -0.39 is 12.0 Å². The Balaban J connectivity index is 3.44. The molecule has 0 aromatic carbocycles. The molecule has 14 heavy (non-hydrogen) atoms. The molecule has 0 unspecified atom stereocenters. The molecule has 6 heteroatoms. The van der Waals surface area contributed by atoms with Crippen molar-refractivity contribution in [3.8, 4) is 5.75 Å². The first kappa shape index (κ1) is 11.2. The van der Waals surface area contributed by atoms with Crippen LogP contribution in [0.5, 0.6) is 5.75 Å². The van der Waals surface area contributed by atoms with Gasteiger partial charge in [-0.15, -0.1) is 0 Å². The van der Waals surface area contributed by atoms with E-state index in [0.717, 1.165) is 0 Å². The molecule has 1 N–H and O–H groups in total. The van der Waals surface area contributed by atoms with Crippen molar-refractivity contribution in [3.63, 3.8) is 0 Å². The summed E-state index contributed by atoms with van der Waals surface area (Å²) in [6, 6.07) is 0. The molecular formula is C8H8BrF2NO2. The van der Waals surface area contributed by atoms with Crippen LogP contribution in [0.2, 0.25) is 0 Å². The van der Waals surface area contributed by atoms with E-state index in [-0.39, 0.29) is 16.6 Å². The van der Waals surface area contributed by atoms with Gasteiger partial charge < -0.3 is 9.72 Å². The summed E-state index contributed by atoms with van der Waals surface area (Å²) in [6.45, 7) is 0. The van der Waals surface area contributed by atoms with Gasteiger partial charge in [-0.3, -0.25) is 4.79 Å². The maximum Gasteiger partial charge on any atom is 0.290 e. The lowest BCUT2D eigenvalue weighted by Crippen LogP contribution is -2.13. The van der Waals surface area contributed by atoms with Crippen LogP contribution < -0.4 is 10.3 Å². The molecule has 0 bridgehead atoms. The monoisotopic (exact) mass is 267 g/mol. The first-order valence-corrected chi connectivity index (χ1v) is 4.86. The maximum absolute atomic E-state index is 12.6. The lowest BCUT2D eigenvalue weighted by Gasteiger charge is -2.09. The van der Waals surface area contributed by atoms with Gasteiger partial charge in [0.05, 0.1) is 12.7 Å². The van der Waals surface area contributed by atoms with E-state index in [9.17, 15) is 13.6 Å². The second-order valence-corrected chi connectivity index (χ2v) is 3.09. The number of rotatable bonds is 3. The van der Waals surface area contributed by atoms with Crippen LogP contribution in [0, 0.1) is 0 Å². The molecule has 0 fully saturated rings. The largest absolute Gasteiger partial charge is 0.491 e. The molecule has 0 spiro atoms. The SMILES string of the molecule is COc1c(C(F)F)c(CBr)c[nH]c1=O. The molecule has 0 saturated heterocycles. The zero-order valence-corrected chi connectivity index (χ0v) is 8.90. The van der Waals surface area contributed by atoms with Gasteiger partial charge in [0.15, 0.2) is 5.75 Å². The minimum Gasteiger partial charge on any atom is -0.491 e. The van der Waals surface area contributed by atoms with Gasteiger partial charge in [0.25, 0.3) is 12.0 Å². The van der Waals surface area contributed by atoms with Gasteiger partial charge in [-0.25, -0.2) is 8.78 Å². The Morgan fingerprint density at radius 1 is 1.64 bits per heavy atom. The fourth-order valence-corrected chi connectivity index (χ4v) is 1.58. The van der Waals surface area contributed by atoms with Crippen molar-refractivity contribution in [1.82, 2.24) is 4.98 Å². The highest BCUT2D eigenvalue weighted by Gasteiger charge is 2.20. The molecule has 78 valence electrons. The van der Waals surface area contributed by atoms with E-state index in [1.165, 1.54) is 13.3 Å². The van der Waals surface area contributed by atoms with E-state index >= 15 is 0 Å². The average molecular weight is 268 g/mol. The van der Waals surface area contributed by atoms with Crippen LogP contribution in [-0.2, 0) is 5.33 Å². The highest BCUT2D eigenvalue weighted by atomic mass is 79.9.